The lowest BCUT2D eigenvalue weighted by Gasteiger charge is -2.22. The molecule has 1 aromatic rings. The lowest BCUT2D eigenvalue weighted by atomic mass is 10.2. The zero-order chi connectivity index (χ0) is 15.2. The molecule has 1 aliphatic rings. The number of pyridine rings is 1. The van der Waals surface area contributed by atoms with Crippen molar-refractivity contribution in [1.29, 1.82) is 0 Å². The third-order valence-electron chi connectivity index (χ3n) is 3.51. The smallest absolute Gasteiger partial charge is 0.257 e. The number of aliphatic hydroxyl groups is 1. The van der Waals surface area contributed by atoms with Gasteiger partial charge in [0.05, 0.1) is 12.2 Å². The van der Waals surface area contributed by atoms with E-state index in [0.29, 0.717) is 31.0 Å². The minimum absolute atomic E-state index is 0.0809. The predicted molar refractivity (Wildman–Crippen MR) is 83.8 cm³/mol. The van der Waals surface area contributed by atoms with E-state index in [9.17, 15) is 4.79 Å². The van der Waals surface area contributed by atoms with Crippen LogP contribution >= 0.6 is 15.9 Å². The van der Waals surface area contributed by atoms with Crippen molar-refractivity contribution in [2.45, 2.75) is 6.42 Å². The van der Waals surface area contributed by atoms with E-state index in [1.54, 1.807) is 12.3 Å². The molecule has 21 heavy (non-hydrogen) atoms. The number of nitrogens with two attached hydrogens (primary N) is 1. The molecule has 0 aliphatic carbocycles. The summed E-state index contributed by atoms with van der Waals surface area (Å²) in [5.41, 5.74) is 2.93. The second-order valence-electron chi connectivity index (χ2n) is 4.91. The van der Waals surface area contributed by atoms with E-state index >= 15 is 0 Å². The standard InChI is InChI=1S/C13H20BrN5O2/c14-10-8-11(12(17-15)16-9-10)13(21)19-3-1-2-18(4-5-19)6-7-20/h8-9,20H,1-7,15H2,(H,16,17). The summed E-state index contributed by atoms with van der Waals surface area (Å²) in [6, 6.07) is 1.72. The van der Waals surface area contributed by atoms with E-state index in [1.807, 2.05) is 4.90 Å². The van der Waals surface area contributed by atoms with Gasteiger partial charge in [-0.1, -0.05) is 0 Å². The fraction of sp³-hybridized carbons (Fsp3) is 0.538. The number of hydrogen-bond donors (Lipinski definition) is 3. The van der Waals surface area contributed by atoms with Crippen molar-refractivity contribution in [3.05, 3.63) is 22.3 Å². The lowest BCUT2D eigenvalue weighted by molar-refractivity contribution is 0.0761. The molecule has 0 spiro atoms. The number of nitrogen functional groups attached to an aromatic ring is 1. The third kappa shape index (κ3) is 4.13. The summed E-state index contributed by atoms with van der Waals surface area (Å²) in [7, 11) is 0. The van der Waals surface area contributed by atoms with Gasteiger partial charge in [0, 0.05) is 36.8 Å². The van der Waals surface area contributed by atoms with Crippen molar-refractivity contribution in [2.75, 3.05) is 44.8 Å². The number of nitrogens with zero attached hydrogens (tertiary/aromatic N) is 3. The summed E-state index contributed by atoms with van der Waals surface area (Å²) in [6.45, 7) is 3.77. The number of halogens is 1. The first-order valence-electron chi connectivity index (χ1n) is 6.90. The quantitative estimate of drug-likeness (QED) is 0.528. The molecule has 0 atom stereocenters. The number of aliphatic hydroxyl groups excluding tert-OH is 1. The van der Waals surface area contributed by atoms with Crippen molar-refractivity contribution in [2.24, 2.45) is 5.84 Å². The van der Waals surface area contributed by atoms with Gasteiger partial charge in [0.15, 0.2) is 5.82 Å². The molecule has 1 saturated heterocycles. The first kappa shape index (κ1) is 16.2. The van der Waals surface area contributed by atoms with Crippen LogP contribution in [-0.4, -0.2) is 65.1 Å². The van der Waals surface area contributed by atoms with Gasteiger partial charge >= 0.3 is 0 Å². The Labute approximate surface area is 132 Å². The Bertz CT molecular complexity index is 499. The Balaban J connectivity index is 2.11. The van der Waals surface area contributed by atoms with Gasteiger partial charge in [-0.25, -0.2) is 10.8 Å². The molecule has 2 heterocycles. The zero-order valence-corrected chi connectivity index (χ0v) is 13.3. The van der Waals surface area contributed by atoms with Gasteiger partial charge in [-0.15, -0.1) is 0 Å². The molecular weight excluding hydrogens is 338 g/mol. The van der Waals surface area contributed by atoms with Crippen LogP contribution in [0.1, 0.15) is 16.8 Å². The molecule has 4 N–H and O–H groups in total. The molecule has 0 radical (unpaired) electrons. The Kier molecular flexibility index (Phi) is 5.92. The van der Waals surface area contributed by atoms with Crippen molar-refractivity contribution in [3.8, 4) is 0 Å². The van der Waals surface area contributed by atoms with Crippen LogP contribution in [0, 0.1) is 0 Å². The second-order valence-corrected chi connectivity index (χ2v) is 5.82. The topological polar surface area (TPSA) is 94.7 Å². The number of anilines is 1. The van der Waals surface area contributed by atoms with Crippen molar-refractivity contribution >= 4 is 27.7 Å². The van der Waals surface area contributed by atoms with Gasteiger partial charge in [0.2, 0.25) is 0 Å². The molecule has 1 aliphatic heterocycles. The number of carbonyl (C=O) groups excluding carboxylic acids is 1. The van der Waals surface area contributed by atoms with Crippen molar-refractivity contribution in [1.82, 2.24) is 14.8 Å². The predicted octanol–water partition coefficient (Wildman–Crippen LogP) is 0.270. The zero-order valence-electron chi connectivity index (χ0n) is 11.8. The molecule has 0 unspecified atom stereocenters. The van der Waals surface area contributed by atoms with E-state index in [1.165, 1.54) is 0 Å². The third-order valence-corrected chi connectivity index (χ3v) is 3.95. The molecule has 0 aromatic carbocycles. The molecule has 1 aromatic heterocycles. The molecule has 7 nitrogen and oxygen atoms in total. The van der Waals surface area contributed by atoms with E-state index in [-0.39, 0.29) is 12.5 Å². The summed E-state index contributed by atoms with van der Waals surface area (Å²) in [5.74, 6) is 5.72. The Morgan fingerprint density at radius 3 is 2.95 bits per heavy atom. The Hall–Kier alpha value is -1.22. The molecule has 1 amide bonds. The number of nitrogens with one attached hydrogen (secondary N) is 1. The summed E-state index contributed by atoms with van der Waals surface area (Å²) < 4.78 is 0.738. The Morgan fingerprint density at radius 2 is 2.24 bits per heavy atom. The van der Waals surface area contributed by atoms with E-state index in [2.05, 4.69) is 31.2 Å². The average Bonchev–Trinajstić information content (AvgIpc) is 2.72. The molecule has 2 rings (SSSR count). The van der Waals surface area contributed by atoms with E-state index < -0.39 is 0 Å². The number of hydrazine groups is 1. The average molecular weight is 358 g/mol. The summed E-state index contributed by atoms with van der Waals surface area (Å²) in [6.07, 6.45) is 2.48. The lowest BCUT2D eigenvalue weighted by Crippen LogP contribution is -2.36. The number of β-amino-alcohol motifs (C(OH)–C–C–N with tert-alkyl or cyclic N) is 1. The highest BCUT2D eigenvalue weighted by atomic mass is 79.9. The van der Waals surface area contributed by atoms with Crippen LogP contribution in [0.3, 0.4) is 0 Å². The normalized spacial score (nSPS) is 16.6. The summed E-state index contributed by atoms with van der Waals surface area (Å²) in [5, 5.41) is 9.00. The van der Waals surface area contributed by atoms with Gasteiger partial charge in [-0.05, 0) is 35.0 Å². The van der Waals surface area contributed by atoms with Gasteiger partial charge < -0.3 is 15.4 Å². The molecular formula is C13H20BrN5O2. The minimum atomic E-state index is -0.0809. The fourth-order valence-corrected chi connectivity index (χ4v) is 2.76. The summed E-state index contributed by atoms with van der Waals surface area (Å²) >= 11 is 3.33. The first-order chi connectivity index (χ1) is 10.2. The van der Waals surface area contributed by atoms with Gasteiger partial charge in [-0.2, -0.15) is 0 Å². The Morgan fingerprint density at radius 1 is 1.43 bits per heavy atom. The highest BCUT2D eigenvalue weighted by Crippen LogP contribution is 2.20. The largest absolute Gasteiger partial charge is 0.395 e. The number of aromatic nitrogens is 1. The van der Waals surface area contributed by atoms with Crippen LogP contribution in [0.2, 0.25) is 0 Å². The minimum Gasteiger partial charge on any atom is -0.395 e. The van der Waals surface area contributed by atoms with Crippen molar-refractivity contribution in [3.63, 3.8) is 0 Å². The molecule has 1 fully saturated rings. The highest BCUT2D eigenvalue weighted by molar-refractivity contribution is 9.10. The maximum absolute atomic E-state index is 12.7. The van der Waals surface area contributed by atoms with Crippen LogP contribution in [0.5, 0.6) is 0 Å². The van der Waals surface area contributed by atoms with E-state index in [0.717, 1.165) is 24.0 Å². The van der Waals surface area contributed by atoms with Crippen molar-refractivity contribution < 1.29 is 9.90 Å². The number of amides is 1. The van der Waals surface area contributed by atoms with Crippen LogP contribution in [0.25, 0.3) is 0 Å². The first-order valence-corrected chi connectivity index (χ1v) is 7.69. The SMILES string of the molecule is NNc1ncc(Br)cc1C(=O)N1CCCN(CCO)CC1. The second kappa shape index (κ2) is 7.69. The van der Waals surface area contributed by atoms with E-state index in [4.69, 9.17) is 10.9 Å². The molecule has 0 saturated carbocycles. The highest BCUT2D eigenvalue weighted by Gasteiger charge is 2.22. The number of hydrogen-bond acceptors (Lipinski definition) is 6. The maximum Gasteiger partial charge on any atom is 0.257 e. The van der Waals surface area contributed by atoms with Crippen LogP contribution in [0.15, 0.2) is 16.7 Å². The number of rotatable bonds is 4. The van der Waals surface area contributed by atoms with Crippen LogP contribution < -0.4 is 11.3 Å². The maximum atomic E-state index is 12.7. The summed E-state index contributed by atoms with van der Waals surface area (Å²) in [4.78, 5) is 20.7. The molecule has 8 heteroatoms. The number of carbonyl (C=O) groups is 1. The van der Waals surface area contributed by atoms with Gasteiger partial charge in [0.1, 0.15) is 0 Å². The fourth-order valence-electron chi connectivity index (χ4n) is 2.43. The molecule has 116 valence electrons. The van der Waals surface area contributed by atoms with Gasteiger partial charge in [0.25, 0.3) is 5.91 Å². The van der Waals surface area contributed by atoms with Gasteiger partial charge in [-0.3, -0.25) is 9.69 Å². The van der Waals surface area contributed by atoms with Crippen LogP contribution in [0.4, 0.5) is 5.82 Å². The monoisotopic (exact) mass is 357 g/mol. The van der Waals surface area contributed by atoms with Crippen LogP contribution in [-0.2, 0) is 0 Å². The molecule has 0 bridgehead atoms.